The Bertz CT molecular complexity index is 490. The Morgan fingerprint density at radius 3 is 2.82 bits per heavy atom. The van der Waals surface area contributed by atoms with Gasteiger partial charge in [-0.3, -0.25) is 5.10 Å². The fourth-order valence-corrected chi connectivity index (χ4v) is 2.69. The van der Waals surface area contributed by atoms with Gasteiger partial charge in [-0.2, -0.15) is 5.10 Å². The maximum Gasteiger partial charge on any atom is 0.0728 e. The second-order valence-corrected chi connectivity index (χ2v) is 4.79. The number of H-pyrrole nitrogens is 1. The molecule has 0 saturated carbocycles. The molecule has 2 N–H and O–H groups in total. The molecule has 0 fully saturated rings. The molecule has 2 atom stereocenters. The molecule has 2 unspecified atom stereocenters. The monoisotopic (exact) mass is 227 g/mol. The molecule has 88 valence electrons. The van der Waals surface area contributed by atoms with Gasteiger partial charge in [0.15, 0.2) is 0 Å². The van der Waals surface area contributed by atoms with Crippen LogP contribution in [0.15, 0.2) is 36.7 Å². The van der Waals surface area contributed by atoms with Gasteiger partial charge < -0.3 is 5.32 Å². The summed E-state index contributed by atoms with van der Waals surface area (Å²) in [4.78, 5) is 0. The Morgan fingerprint density at radius 2 is 2.06 bits per heavy atom. The normalized spacial score (nSPS) is 23.1. The largest absolute Gasteiger partial charge is 0.376 e. The molecule has 3 rings (SSSR count). The Labute approximate surface area is 101 Å². The van der Waals surface area contributed by atoms with E-state index in [1.807, 2.05) is 12.4 Å². The van der Waals surface area contributed by atoms with Gasteiger partial charge in [-0.05, 0) is 29.9 Å². The van der Waals surface area contributed by atoms with Gasteiger partial charge in [0.2, 0.25) is 0 Å². The van der Waals surface area contributed by atoms with Crippen LogP contribution in [-0.4, -0.2) is 10.2 Å². The van der Waals surface area contributed by atoms with E-state index in [2.05, 4.69) is 46.7 Å². The minimum Gasteiger partial charge on any atom is -0.376 e. The van der Waals surface area contributed by atoms with Crippen LogP contribution in [0.1, 0.15) is 42.9 Å². The fourth-order valence-electron chi connectivity index (χ4n) is 2.69. The van der Waals surface area contributed by atoms with E-state index in [1.165, 1.54) is 24.0 Å². The van der Waals surface area contributed by atoms with Crippen molar-refractivity contribution < 1.29 is 0 Å². The van der Waals surface area contributed by atoms with Crippen molar-refractivity contribution in [2.45, 2.75) is 31.7 Å². The van der Waals surface area contributed by atoms with Crippen molar-refractivity contribution >= 4 is 5.69 Å². The van der Waals surface area contributed by atoms with E-state index in [0.29, 0.717) is 12.0 Å². The average Bonchev–Trinajstić information content (AvgIpc) is 2.86. The van der Waals surface area contributed by atoms with Gasteiger partial charge in [0.25, 0.3) is 0 Å². The standard InChI is InChI=1S/C14H17N3/c1-10-6-7-14(17-11-8-15-16-9-11)13-5-3-2-4-12(10)13/h2-5,8-10,14,17H,6-7H2,1H3,(H,15,16). The molecular formula is C14H17N3. The molecule has 1 aromatic heterocycles. The Hall–Kier alpha value is -1.77. The van der Waals surface area contributed by atoms with E-state index in [1.54, 1.807) is 0 Å². The van der Waals surface area contributed by atoms with Crippen LogP contribution >= 0.6 is 0 Å². The first-order chi connectivity index (χ1) is 8.34. The number of hydrogen-bond donors (Lipinski definition) is 2. The third-order valence-corrected chi connectivity index (χ3v) is 3.63. The first-order valence-electron chi connectivity index (χ1n) is 6.19. The van der Waals surface area contributed by atoms with Crippen LogP contribution in [0.5, 0.6) is 0 Å². The summed E-state index contributed by atoms with van der Waals surface area (Å²) in [5, 5.41) is 10.4. The van der Waals surface area contributed by atoms with Crippen molar-refractivity contribution in [1.82, 2.24) is 10.2 Å². The minimum absolute atomic E-state index is 0.417. The molecule has 1 aliphatic carbocycles. The second kappa shape index (κ2) is 4.24. The van der Waals surface area contributed by atoms with Gasteiger partial charge in [0.1, 0.15) is 0 Å². The number of aromatic amines is 1. The van der Waals surface area contributed by atoms with Crippen LogP contribution < -0.4 is 5.32 Å². The number of nitrogens with one attached hydrogen (secondary N) is 2. The van der Waals surface area contributed by atoms with Crippen LogP contribution in [0, 0.1) is 0 Å². The quantitative estimate of drug-likeness (QED) is 0.824. The third-order valence-electron chi connectivity index (χ3n) is 3.63. The molecule has 1 aliphatic rings. The summed E-state index contributed by atoms with van der Waals surface area (Å²) in [5.41, 5.74) is 3.99. The lowest BCUT2D eigenvalue weighted by atomic mass is 9.81. The molecule has 2 aromatic rings. The van der Waals surface area contributed by atoms with Gasteiger partial charge >= 0.3 is 0 Å². The summed E-state index contributed by atoms with van der Waals surface area (Å²) in [6.45, 7) is 2.31. The van der Waals surface area contributed by atoms with E-state index in [-0.39, 0.29) is 0 Å². The predicted molar refractivity (Wildman–Crippen MR) is 69.0 cm³/mol. The van der Waals surface area contributed by atoms with E-state index >= 15 is 0 Å². The number of hydrogen-bond acceptors (Lipinski definition) is 2. The summed E-state index contributed by atoms with van der Waals surface area (Å²) in [5.74, 6) is 0.675. The van der Waals surface area contributed by atoms with E-state index in [4.69, 9.17) is 0 Å². The van der Waals surface area contributed by atoms with Crippen LogP contribution in [0.2, 0.25) is 0 Å². The molecule has 0 saturated heterocycles. The van der Waals surface area contributed by atoms with Crippen molar-refractivity contribution in [3.63, 3.8) is 0 Å². The molecule has 0 aliphatic heterocycles. The number of anilines is 1. The van der Waals surface area contributed by atoms with Crippen LogP contribution in [0.4, 0.5) is 5.69 Å². The van der Waals surface area contributed by atoms with Crippen molar-refractivity contribution in [2.24, 2.45) is 0 Å². The summed E-state index contributed by atoms with van der Waals surface area (Å²) < 4.78 is 0. The zero-order valence-corrected chi connectivity index (χ0v) is 9.98. The van der Waals surface area contributed by atoms with E-state index in [0.717, 1.165) is 5.69 Å². The van der Waals surface area contributed by atoms with Crippen LogP contribution in [0.3, 0.4) is 0 Å². The van der Waals surface area contributed by atoms with Gasteiger partial charge in [-0.25, -0.2) is 0 Å². The van der Waals surface area contributed by atoms with Gasteiger partial charge in [0, 0.05) is 6.20 Å². The molecule has 1 heterocycles. The molecule has 3 nitrogen and oxygen atoms in total. The fraction of sp³-hybridized carbons (Fsp3) is 0.357. The molecule has 3 heteroatoms. The highest BCUT2D eigenvalue weighted by atomic mass is 15.1. The van der Waals surface area contributed by atoms with Crippen molar-refractivity contribution in [3.8, 4) is 0 Å². The molecule has 17 heavy (non-hydrogen) atoms. The lowest BCUT2D eigenvalue weighted by Crippen LogP contribution is -2.18. The number of benzene rings is 1. The average molecular weight is 227 g/mol. The van der Waals surface area contributed by atoms with Gasteiger partial charge in [0.05, 0.1) is 17.9 Å². The molecule has 0 amide bonds. The minimum atomic E-state index is 0.417. The number of rotatable bonds is 2. The highest BCUT2D eigenvalue weighted by molar-refractivity contribution is 5.45. The molecular weight excluding hydrogens is 210 g/mol. The summed E-state index contributed by atoms with van der Waals surface area (Å²) >= 11 is 0. The van der Waals surface area contributed by atoms with Crippen molar-refractivity contribution in [3.05, 3.63) is 47.8 Å². The summed E-state index contributed by atoms with van der Waals surface area (Å²) in [6.07, 6.45) is 6.16. The topological polar surface area (TPSA) is 40.7 Å². The Balaban J connectivity index is 1.90. The summed E-state index contributed by atoms with van der Waals surface area (Å²) in [7, 11) is 0. The van der Waals surface area contributed by atoms with Crippen molar-refractivity contribution in [2.75, 3.05) is 5.32 Å². The second-order valence-electron chi connectivity index (χ2n) is 4.79. The zero-order chi connectivity index (χ0) is 11.7. The van der Waals surface area contributed by atoms with Gasteiger partial charge in [-0.15, -0.1) is 0 Å². The van der Waals surface area contributed by atoms with E-state index < -0.39 is 0 Å². The lowest BCUT2D eigenvalue weighted by molar-refractivity contribution is 0.535. The first-order valence-corrected chi connectivity index (χ1v) is 6.19. The Kier molecular flexibility index (Phi) is 2.59. The van der Waals surface area contributed by atoms with Gasteiger partial charge in [-0.1, -0.05) is 31.2 Å². The molecule has 0 spiro atoms. The van der Waals surface area contributed by atoms with Crippen LogP contribution in [0.25, 0.3) is 0 Å². The predicted octanol–water partition coefficient (Wildman–Crippen LogP) is 3.46. The molecule has 0 radical (unpaired) electrons. The lowest BCUT2D eigenvalue weighted by Gasteiger charge is -2.30. The molecule has 1 aromatic carbocycles. The number of fused-ring (bicyclic) bond motifs is 1. The highest BCUT2D eigenvalue weighted by Gasteiger charge is 2.24. The van der Waals surface area contributed by atoms with E-state index in [9.17, 15) is 0 Å². The van der Waals surface area contributed by atoms with Crippen molar-refractivity contribution in [1.29, 1.82) is 0 Å². The van der Waals surface area contributed by atoms with Crippen LogP contribution in [-0.2, 0) is 0 Å². The highest BCUT2D eigenvalue weighted by Crippen LogP contribution is 2.38. The smallest absolute Gasteiger partial charge is 0.0728 e. The first kappa shape index (κ1) is 10.4. The zero-order valence-electron chi connectivity index (χ0n) is 9.98. The maximum absolute atomic E-state index is 3.97. The third kappa shape index (κ3) is 1.93. The number of nitrogens with zero attached hydrogens (tertiary/aromatic N) is 1. The molecule has 0 bridgehead atoms. The Morgan fingerprint density at radius 1 is 1.24 bits per heavy atom. The number of aromatic nitrogens is 2. The SMILES string of the molecule is CC1CCC(Nc2cn[nH]c2)c2ccccc21. The summed E-state index contributed by atoms with van der Waals surface area (Å²) in [6, 6.07) is 9.17. The maximum atomic E-state index is 3.97.